The van der Waals surface area contributed by atoms with E-state index >= 15 is 0 Å². The molecule has 0 aliphatic rings. The molecule has 104 valence electrons. The number of amides is 1. The lowest BCUT2D eigenvalue weighted by Crippen LogP contribution is -2.16. The molecule has 6 heteroatoms. The fraction of sp³-hybridized carbons (Fsp3) is 0.143. The highest BCUT2D eigenvalue weighted by molar-refractivity contribution is 6.35. The Balaban J connectivity index is 2.53. The molecule has 0 unspecified atom stereocenters. The van der Waals surface area contributed by atoms with Crippen molar-refractivity contribution in [2.24, 2.45) is 5.73 Å². The van der Waals surface area contributed by atoms with Crippen molar-refractivity contribution in [1.29, 1.82) is 0 Å². The molecule has 0 aliphatic carbocycles. The number of primary amides is 1. The lowest BCUT2D eigenvalue weighted by molar-refractivity contribution is 0.100. The molecule has 4 nitrogen and oxygen atoms in total. The molecule has 0 aliphatic heterocycles. The number of anilines is 2. The fourth-order valence-corrected chi connectivity index (χ4v) is 2.30. The van der Waals surface area contributed by atoms with Crippen molar-refractivity contribution in [3.8, 4) is 0 Å². The van der Waals surface area contributed by atoms with Crippen molar-refractivity contribution >= 4 is 40.6 Å². The summed E-state index contributed by atoms with van der Waals surface area (Å²) in [6.45, 7) is 3.64. The average Bonchev–Trinajstić information content (AvgIpc) is 2.32. The van der Waals surface area contributed by atoms with E-state index in [0.717, 1.165) is 11.3 Å². The summed E-state index contributed by atoms with van der Waals surface area (Å²) in [6.07, 6.45) is 0. The molecule has 0 spiro atoms. The minimum Gasteiger partial charge on any atom is -0.365 e. The molecular weight excluding hydrogens is 297 g/mol. The predicted octanol–water partition coefficient (Wildman–Crippen LogP) is 3.85. The van der Waals surface area contributed by atoms with E-state index in [1.807, 2.05) is 6.92 Å². The van der Waals surface area contributed by atoms with E-state index in [1.54, 1.807) is 31.2 Å². The number of carbonyl (C=O) groups is 1. The van der Waals surface area contributed by atoms with Gasteiger partial charge in [-0.15, -0.1) is 0 Å². The van der Waals surface area contributed by atoms with Crippen LogP contribution in [-0.4, -0.2) is 10.9 Å². The molecule has 1 aromatic heterocycles. The zero-order valence-electron chi connectivity index (χ0n) is 11.0. The van der Waals surface area contributed by atoms with Gasteiger partial charge in [0.05, 0.1) is 16.3 Å². The van der Waals surface area contributed by atoms with Gasteiger partial charge in [-0.25, -0.2) is 4.98 Å². The number of rotatable bonds is 3. The highest BCUT2D eigenvalue weighted by Gasteiger charge is 2.15. The second-order valence-corrected chi connectivity index (χ2v) is 5.26. The second-order valence-electron chi connectivity index (χ2n) is 4.42. The summed E-state index contributed by atoms with van der Waals surface area (Å²) >= 11 is 12.0. The summed E-state index contributed by atoms with van der Waals surface area (Å²) in [6, 6.07) is 6.80. The molecule has 0 bridgehead atoms. The zero-order valence-corrected chi connectivity index (χ0v) is 12.5. The van der Waals surface area contributed by atoms with Crippen LogP contribution < -0.4 is 11.1 Å². The fourth-order valence-electron chi connectivity index (χ4n) is 1.96. The van der Waals surface area contributed by atoms with Crippen molar-refractivity contribution in [1.82, 2.24) is 4.98 Å². The van der Waals surface area contributed by atoms with E-state index in [2.05, 4.69) is 10.3 Å². The van der Waals surface area contributed by atoms with Gasteiger partial charge in [0.15, 0.2) is 0 Å². The Morgan fingerprint density at radius 2 is 1.95 bits per heavy atom. The number of hydrogen-bond donors (Lipinski definition) is 2. The first-order valence-electron chi connectivity index (χ1n) is 5.88. The number of carbonyl (C=O) groups excluding carboxylic acids is 1. The molecule has 3 N–H and O–H groups in total. The third-order valence-electron chi connectivity index (χ3n) is 2.77. The normalized spacial score (nSPS) is 10.4. The summed E-state index contributed by atoms with van der Waals surface area (Å²) in [7, 11) is 0. The van der Waals surface area contributed by atoms with Crippen LogP contribution in [0, 0.1) is 13.8 Å². The van der Waals surface area contributed by atoms with Crippen LogP contribution in [0.4, 0.5) is 11.5 Å². The number of aryl methyl sites for hydroxylation is 2. The van der Waals surface area contributed by atoms with Crippen molar-refractivity contribution in [3.63, 3.8) is 0 Å². The monoisotopic (exact) mass is 309 g/mol. The largest absolute Gasteiger partial charge is 0.365 e. The lowest BCUT2D eigenvalue weighted by Gasteiger charge is -2.13. The molecule has 2 rings (SSSR count). The van der Waals surface area contributed by atoms with Gasteiger partial charge >= 0.3 is 0 Å². The predicted molar refractivity (Wildman–Crippen MR) is 82.0 cm³/mol. The number of benzene rings is 1. The Labute approximate surface area is 126 Å². The van der Waals surface area contributed by atoms with Crippen LogP contribution in [-0.2, 0) is 0 Å². The van der Waals surface area contributed by atoms with Crippen LogP contribution in [0.1, 0.15) is 21.6 Å². The molecule has 20 heavy (non-hydrogen) atoms. The molecule has 0 saturated heterocycles. The number of nitrogens with two attached hydrogens (primary N) is 1. The first-order valence-corrected chi connectivity index (χ1v) is 6.64. The maximum atomic E-state index is 11.6. The topological polar surface area (TPSA) is 68.0 Å². The number of halogens is 2. The molecule has 0 atom stereocenters. The molecule has 0 radical (unpaired) electrons. The van der Waals surface area contributed by atoms with Crippen LogP contribution in [0.5, 0.6) is 0 Å². The summed E-state index contributed by atoms with van der Waals surface area (Å²) < 4.78 is 0. The van der Waals surface area contributed by atoms with Crippen LogP contribution in [0.15, 0.2) is 24.3 Å². The van der Waals surface area contributed by atoms with Crippen LogP contribution in [0.2, 0.25) is 10.0 Å². The van der Waals surface area contributed by atoms with E-state index in [-0.39, 0.29) is 0 Å². The van der Waals surface area contributed by atoms with Gasteiger partial charge in [0.2, 0.25) is 0 Å². The Hall–Kier alpha value is -1.78. The van der Waals surface area contributed by atoms with Gasteiger partial charge in [0.1, 0.15) is 5.82 Å². The minimum atomic E-state index is -0.546. The molecule has 1 heterocycles. The van der Waals surface area contributed by atoms with Gasteiger partial charge in [-0.1, -0.05) is 23.2 Å². The molecule has 0 saturated carbocycles. The number of pyridine rings is 1. The Kier molecular flexibility index (Phi) is 4.16. The van der Waals surface area contributed by atoms with Crippen molar-refractivity contribution in [2.75, 3.05) is 5.32 Å². The summed E-state index contributed by atoms with van der Waals surface area (Å²) in [4.78, 5) is 15.9. The average molecular weight is 310 g/mol. The van der Waals surface area contributed by atoms with E-state index in [9.17, 15) is 4.79 Å². The number of hydrogen-bond acceptors (Lipinski definition) is 3. The molecule has 1 amide bonds. The smallest absolute Gasteiger partial charge is 0.252 e. The standard InChI is InChI=1S/C14H13Cl2N3O/c1-7-5-8(2)18-14(12(7)13(17)20)19-11-6-9(15)3-4-10(11)16/h3-6H,1-2H3,(H2,17,20)(H,18,19). The summed E-state index contributed by atoms with van der Waals surface area (Å²) in [5.74, 6) is -0.171. The van der Waals surface area contributed by atoms with Gasteiger partial charge in [-0.2, -0.15) is 0 Å². The molecular formula is C14H13Cl2N3O. The van der Waals surface area contributed by atoms with Gasteiger partial charge in [0.25, 0.3) is 5.91 Å². The third-order valence-corrected chi connectivity index (χ3v) is 3.34. The van der Waals surface area contributed by atoms with E-state index < -0.39 is 5.91 Å². The van der Waals surface area contributed by atoms with Gasteiger partial charge in [-0.3, -0.25) is 4.79 Å². The van der Waals surface area contributed by atoms with Crippen LogP contribution in [0.25, 0.3) is 0 Å². The first-order chi connectivity index (χ1) is 9.38. The Morgan fingerprint density at radius 1 is 1.25 bits per heavy atom. The lowest BCUT2D eigenvalue weighted by atomic mass is 10.1. The Bertz CT molecular complexity index is 686. The molecule has 2 aromatic rings. The van der Waals surface area contributed by atoms with E-state index in [1.165, 1.54) is 0 Å². The maximum absolute atomic E-state index is 11.6. The van der Waals surface area contributed by atoms with Crippen LogP contribution >= 0.6 is 23.2 Å². The minimum absolute atomic E-state index is 0.339. The van der Waals surface area contributed by atoms with Crippen molar-refractivity contribution in [2.45, 2.75) is 13.8 Å². The van der Waals surface area contributed by atoms with Gasteiger partial charge in [-0.05, 0) is 43.7 Å². The Morgan fingerprint density at radius 3 is 2.60 bits per heavy atom. The summed E-state index contributed by atoms with van der Waals surface area (Å²) in [5.41, 5.74) is 7.84. The van der Waals surface area contributed by atoms with Gasteiger partial charge < -0.3 is 11.1 Å². The van der Waals surface area contributed by atoms with Crippen molar-refractivity contribution in [3.05, 3.63) is 51.1 Å². The maximum Gasteiger partial charge on any atom is 0.252 e. The van der Waals surface area contributed by atoms with Gasteiger partial charge in [0, 0.05) is 10.7 Å². The molecule has 0 fully saturated rings. The number of aromatic nitrogens is 1. The third kappa shape index (κ3) is 3.03. The highest BCUT2D eigenvalue weighted by atomic mass is 35.5. The van der Waals surface area contributed by atoms with Crippen molar-refractivity contribution < 1.29 is 4.79 Å². The zero-order chi connectivity index (χ0) is 14.9. The molecule has 1 aromatic carbocycles. The SMILES string of the molecule is Cc1cc(C)c(C(N)=O)c(Nc2cc(Cl)ccc2Cl)n1. The van der Waals surface area contributed by atoms with E-state index in [0.29, 0.717) is 27.1 Å². The summed E-state index contributed by atoms with van der Waals surface area (Å²) in [5, 5.41) is 4.02. The second kappa shape index (κ2) is 5.69. The highest BCUT2D eigenvalue weighted by Crippen LogP contribution is 2.30. The number of nitrogens with zero attached hydrogens (tertiary/aromatic N) is 1. The quantitative estimate of drug-likeness (QED) is 0.905. The van der Waals surface area contributed by atoms with Crippen LogP contribution in [0.3, 0.4) is 0 Å². The first kappa shape index (κ1) is 14.6. The van der Waals surface area contributed by atoms with E-state index in [4.69, 9.17) is 28.9 Å². The number of nitrogens with one attached hydrogen (secondary N) is 1.